The van der Waals surface area contributed by atoms with Gasteiger partial charge in [-0.3, -0.25) is 4.79 Å². The van der Waals surface area contributed by atoms with Crippen LogP contribution in [-0.2, 0) is 4.79 Å². The maximum atomic E-state index is 12.8. The molecule has 1 unspecified atom stereocenters. The summed E-state index contributed by atoms with van der Waals surface area (Å²) in [6, 6.07) is 15.2. The molecule has 0 amide bonds. The first-order valence-electron chi connectivity index (χ1n) is 9.74. The fourth-order valence-electron chi connectivity index (χ4n) is 3.19. The van der Waals surface area contributed by atoms with Gasteiger partial charge in [0.05, 0.1) is 6.10 Å². The molecule has 2 aromatic carbocycles. The van der Waals surface area contributed by atoms with E-state index in [4.69, 9.17) is 5.53 Å². The quantitative estimate of drug-likeness (QED) is 0.280. The van der Waals surface area contributed by atoms with Gasteiger partial charge in [-0.05, 0) is 23.6 Å². The summed E-state index contributed by atoms with van der Waals surface area (Å²) >= 11 is 0. The van der Waals surface area contributed by atoms with Crippen molar-refractivity contribution in [3.8, 4) is 0 Å². The molecule has 0 radical (unpaired) electrons. The molecule has 1 atom stereocenters. The number of benzene rings is 2. The van der Waals surface area contributed by atoms with Gasteiger partial charge in [0, 0.05) is 34.6 Å². The number of carbonyl (C=O) groups excluding carboxylic acids is 1. The smallest absolute Gasteiger partial charge is 0.185 e. The minimum atomic E-state index is -0.565. The van der Waals surface area contributed by atoms with Gasteiger partial charge in [0.2, 0.25) is 0 Å². The number of aliphatic hydroxyl groups is 1. The van der Waals surface area contributed by atoms with Gasteiger partial charge in [-0.25, -0.2) is 0 Å². The van der Waals surface area contributed by atoms with E-state index in [9.17, 15) is 9.90 Å². The Morgan fingerprint density at radius 2 is 1.43 bits per heavy atom. The number of nitrogens with zero attached hydrogens (tertiary/aromatic N) is 3. The van der Waals surface area contributed by atoms with Crippen LogP contribution in [0.5, 0.6) is 0 Å². The monoisotopic (exact) mass is 397 g/mol. The van der Waals surface area contributed by atoms with Gasteiger partial charge in [0.25, 0.3) is 0 Å². The van der Waals surface area contributed by atoms with Crippen LogP contribution in [-0.4, -0.2) is 17.0 Å². The maximum absolute atomic E-state index is 12.8. The van der Waals surface area contributed by atoms with Gasteiger partial charge < -0.3 is 5.11 Å². The highest BCUT2D eigenvalue weighted by molar-refractivity contribution is 6.09. The molecule has 0 aliphatic heterocycles. The van der Waals surface area contributed by atoms with Crippen LogP contribution in [0.25, 0.3) is 22.6 Å². The zero-order chi connectivity index (χ0) is 21.3. The first-order chi connectivity index (χ1) is 14.5. The van der Waals surface area contributed by atoms with Crippen LogP contribution >= 0.6 is 0 Å². The third-order valence-corrected chi connectivity index (χ3v) is 4.80. The number of azide groups is 1. The van der Waals surface area contributed by atoms with Crippen LogP contribution in [0.1, 0.15) is 29.5 Å². The van der Waals surface area contributed by atoms with E-state index in [2.05, 4.69) is 10.0 Å². The lowest BCUT2D eigenvalue weighted by Gasteiger charge is -2.21. The molecule has 0 aromatic heterocycles. The zero-order valence-corrected chi connectivity index (χ0v) is 16.8. The highest BCUT2D eigenvalue weighted by atomic mass is 16.3. The van der Waals surface area contributed by atoms with Gasteiger partial charge in [0.1, 0.15) is 0 Å². The molecule has 0 heterocycles. The number of hydrogen-bond donors (Lipinski definition) is 1. The number of carbonyl (C=O) groups is 1. The molecule has 1 aliphatic carbocycles. The highest BCUT2D eigenvalue weighted by Crippen LogP contribution is 2.26. The summed E-state index contributed by atoms with van der Waals surface area (Å²) in [5.41, 5.74) is 13.4. The molecule has 150 valence electrons. The standard InChI is InChI=1S/C25H23N3O2/c1-18-8-10-19(11-9-18)4-2-6-21-16-24(29)17-22(25(21)30)7-3-5-20-12-14-23(15-13-20)27-28-26/h2-15,24,29H,16-17H2,1H3/b4-2+,5-3+,21-6+,22-7+. The first-order valence-corrected chi connectivity index (χ1v) is 9.74. The number of ketones is 1. The van der Waals surface area contributed by atoms with Crippen LogP contribution in [0, 0.1) is 6.92 Å². The van der Waals surface area contributed by atoms with Crippen molar-refractivity contribution in [1.82, 2.24) is 0 Å². The fraction of sp³-hybridized carbons (Fsp3) is 0.160. The molecule has 5 heteroatoms. The molecule has 0 bridgehead atoms. The van der Waals surface area contributed by atoms with Crippen molar-refractivity contribution in [2.45, 2.75) is 25.9 Å². The molecule has 1 fully saturated rings. The Labute approximate surface area is 176 Å². The largest absolute Gasteiger partial charge is 0.392 e. The maximum Gasteiger partial charge on any atom is 0.185 e. The van der Waals surface area contributed by atoms with E-state index >= 15 is 0 Å². The molecular weight excluding hydrogens is 374 g/mol. The molecule has 1 aliphatic rings. The second-order valence-corrected chi connectivity index (χ2v) is 7.18. The van der Waals surface area contributed by atoms with Gasteiger partial charge >= 0.3 is 0 Å². The molecule has 2 aromatic rings. The first kappa shape index (κ1) is 21.1. The summed E-state index contributed by atoms with van der Waals surface area (Å²) in [5, 5.41) is 13.7. The van der Waals surface area contributed by atoms with E-state index in [-0.39, 0.29) is 5.78 Å². The number of Topliss-reactive ketones (excluding diaryl/α,β-unsaturated/α-hetero) is 1. The van der Waals surface area contributed by atoms with Crippen molar-refractivity contribution < 1.29 is 9.90 Å². The molecule has 30 heavy (non-hydrogen) atoms. The summed E-state index contributed by atoms with van der Waals surface area (Å²) in [6.45, 7) is 2.04. The molecule has 3 rings (SSSR count). The van der Waals surface area contributed by atoms with Gasteiger partial charge in [-0.15, -0.1) is 0 Å². The summed E-state index contributed by atoms with van der Waals surface area (Å²) in [5.74, 6) is -0.0304. The molecule has 0 saturated heterocycles. The second-order valence-electron chi connectivity index (χ2n) is 7.18. The minimum Gasteiger partial charge on any atom is -0.392 e. The van der Waals surface area contributed by atoms with Crippen molar-refractivity contribution in [3.05, 3.63) is 111 Å². The molecular formula is C25H23N3O2. The highest BCUT2D eigenvalue weighted by Gasteiger charge is 2.25. The predicted octanol–water partition coefficient (Wildman–Crippen LogP) is 6.24. The van der Waals surface area contributed by atoms with Crippen molar-refractivity contribution in [3.63, 3.8) is 0 Å². The molecule has 0 spiro atoms. The minimum absolute atomic E-state index is 0.0304. The Morgan fingerprint density at radius 1 is 0.933 bits per heavy atom. The third kappa shape index (κ3) is 5.92. The van der Waals surface area contributed by atoms with Crippen LogP contribution < -0.4 is 0 Å². The normalized spacial score (nSPS) is 19.7. The van der Waals surface area contributed by atoms with Crippen LogP contribution in [0.3, 0.4) is 0 Å². The summed E-state index contributed by atoms with van der Waals surface area (Å²) < 4.78 is 0. The van der Waals surface area contributed by atoms with Crippen molar-refractivity contribution >= 4 is 23.6 Å². The average Bonchev–Trinajstić information content (AvgIpc) is 2.74. The van der Waals surface area contributed by atoms with E-state index in [0.29, 0.717) is 29.7 Å². The predicted molar refractivity (Wildman–Crippen MR) is 121 cm³/mol. The van der Waals surface area contributed by atoms with E-state index in [1.165, 1.54) is 5.56 Å². The number of allylic oxidation sites excluding steroid dienone is 4. The fourth-order valence-corrected chi connectivity index (χ4v) is 3.19. The van der Waals surface area contributed by atoms with Gasteiger partial charge in [-0.2, -0.15) is 0 Å². The van der Waals surface area contributed by atoms with Crippen LogP contribution in [0.2, 0.25) is 0 Å². The number of aliphatic hydroxyl groups excluding tert-OH is 1. The van der Waals surface area contributed by atoms with Crippen LogP contribution in [0.15, 0.2) is 89.1 Å². The Balaban J connectivity index is 1.71. The van der Waals surface area contributed by atoms with Crippen molar-refractivity contribution in [2.24, 2.45) is 5.11 Å². The topological polar surface area (TPSA) is 86.1 Å². The van der Waals surface area contributed by atoms with E-state index in [1.54, 1.807) is 30.4 Å². The lowest BCUT2D eigenvalue weighted by molar-refractivity contribution is -0.113. The zero-order valence-electron chi connectivity index (χ0n) is 16.8. The molecule has 5 nitrogen and oxygen atoms in total. The Bertz CT molecular complexity index is 1070. The van der Waals surface area contributed by atoms with Crippen molar-refractivity contribution in [2.75, 3.05) is 0 Å². The lowest BCUT2D eigenvalue weighted by atomic mass is 9.86. The summed E-state index contributed by atoms with van der Waals surface area (Å²) in [4.78, 5) is 15.5. The SMILES string of the molecule is Cc1ccc(/C=C/C=C2\CC(O)C/C(=C\C=C\c3ccc(N=[N+]=[N-])cc3)C2=O)cc1. The Morgan fingerprint density at radius 3 is 1.93 bits per heavy atom. The number of rotatable bonds is 5. The Kier molecular flexibility index (Phi) is 7.17. The number of hydrogen-bond acceptors (Lipinski definition) is 3. The van der Waals surface area contributed by atoms with E-state index < -0.39 is 6.10 Å². The molecule has 1 N–H and O–H groups in total. The number of aryl methyl sites for hydroxylation is 1. The van der Waals surface area contributed by atoms with Gasteiger partial charge in [-0.1, -0.05) is 95.7 Å². The summed E-state index contributed by atoms with van der Waals surface area (Å²) in [6.07, 6.45) is 11.1. The lowest BCUT2D eigenvalue weighted by Crippen LogP contribution is -2.23. The second kappa shape index (κ2) is 10.2. The van der Waals surface area contributed by atoms with E-state index in [0.717, 1.165) is 11.1 Å². The van der Waals surface area contributed by atoms with E-state index in [1.807, 2.05) is 61.5 Å². The molecule has 1 saturated carbocycles. The summed E-state index contributed by atoms with van der Waals surface area (Å²) in [7, 11) is 0. The average molecular weight is 397 g/mol. The van der Waals surface area contributed by atoms with Crippen LogP contribution in [0.4, 0.5) is 5.69 Å². The van der Waals surface area contributed by atoms with Gasteiger partial charge in [0.15, 0.2) is 5.78 Å². The Hall–Kier alpha value is -3.66. The van der Waals surface area contributed by atoms with Crippen molar-refractivity contribution in [1.29, 1.82) is 0 Å². The third-order valence-electron chi connectivity index (χ3n) is 4.80.